The van der Waals surface area contributed by atoms with Gasteiger partial charge in [-0.25, -0.2) is 0 Å². The van der Waals surface area contributed by atoms with Gasteiger partial charge in [-0.15, -0.1) is 0 Å². The first-order chi connectivity index (χ1) is 18.7. The van der Waals surface area contributed by atoms with Crippen LogP contribution in [-0.4, -0.2) is 21.7 Å². The zero-order valence-corrected chi connectivity index (χ0v) is 21.7. The van der Waals surface area contributed by atoms with E-state index in [0.29, 0.717) is 20.9 Å². The van der Waals surface area contributed by atoms with Crippen molar-refractivity contribution in [3.8, 4) is 0 Å². The van der Waals surface area contributed by atoms with Gasteiger partial charge in [0.15, 0.2) is 0 Å². The molecule has 0 bridgehead atoms. The van der Waals surface area contributed by atoms with Gasteiger partial charge in [-0.05, 0) is 50.2 Å². The number of rotatable bonds is 8. The van der Waals surface area contributed by atoms with Crippen molar-refractivity contribution in [3.05, 3.63) is 127 Å². The molecule has 4 rings (SSSR count). The minimum Gasteiger partial charge on any atom is -0.320 e. The van der Waals surface area contributed by atoms with Crippen molar-refractivity contribution in [2.75, 3.05) is 10.6 Å². The van der Waals surface area contributed by atoms with E-state index in [1.807, 2.05) is 0 Å². The maximum absolute atomic E-state index is 13.0. The number of benzene rings is 4. The Morgan fingerprint density at radius 3 is 1.31 bits per heavy atom. The number of nitro groups is 2. The van der Waals surface area contributed by atoms with Gasteiger partial charge in [-0.1, -0.05) is 48.2 Å². The fraction of sp³-hybridized carbons (Fsp3) is 0.0714. The minimum atomic E-state index is -0.538. The SMILES string of the molecule is Cc1c([N+](=O)[O-])ccc(Sc2ccc([N+](=O)[O-])c(C)c2NC(=O)c2ccccc2)c1NC(=O)c1ccccc1. The van der Waals surface area contributed by atoms with Gasteiger partial charge in [0.2, 0.25) is 0 Å². The molecule has 4 aromatic rings. The number of nitrogens with zero attached hydrogens (tertiary/aromatic N) is 2. The van der Waals surface area contributed by atoms with E-state index in [0.717, 1.165) is 11.8 Å². The van der Waals surface area contributed by atoms with Crippen LogP contribution in [0.4, 0.5) is 22.7 Å². The van der Waals surface area contributed by atoms with Crippen molar-refractivity contribution in [1.82, 2.24) is 0 Å². The Bertz CT molecular complexity index is 1470. The van der Waals surface area contributed by atoms with E-state index in [1.54, 1.807) is 60.7 Å². The summed E-state index contributed by atoms with van der Waals surface area (Å²) in [6, 6.07) is 22.4. The van der Waals surface area contributed by atoms with Gasteiger partial charge in [0.1, 0.15) is 0 Å². The standard InChI is InChI=1S/C28H22N4O6S/c1-17-21(31(35)36)13-15-23(25(17)29-27(33)19-9-5-3-6-10-19)39-24-16-14-22(32(37)38)18(2)26(24)30-28(34)20-11-7-4-8-12-20/h3-16H,1-2H3,(H,29,33)(H,30,34). The van der Waals surface area contributed by atoms with E-state index in [1.165, 1.54) is 38.1 Å². The average Bonchev–Trinajstić information content (AvgIpc) is 2.93. The highest BCUT2D eigenvalue weighted by Crippen LogP contribution is 2.44. The van der Waals surface area contributed by atoms with Crippen LogP contribution in [0.5, 0.6) is 0 Å². The van der Waals surface area contributed by atoms with Crippen molar-refractivity contribution in [1.29, 1.82) is 0 Å². The lowest BCUT2D eigenvalue weighted by atomic mass is 10.1. The molecule has 39 heavy (non-hydrogen) atoms. The van der Waals surface area contributed by atoms with Crippen LogP contribution in [0.25, 0.3) is 0 Å². The summed E-state index contributed by atoms with van der Waals surface area (Å²) < 4.78 is 0. The summed E-state index contributed by atoms with van der Waals surface area (Å²) in [4.78, 5) is 49.0. The lowest BCUT2D eigenvalue weighted by Crippen LogP contribution is -2.15. The predicted octanol–water partition coefficient (Wildman–Crippen LogP) is 6.78. The molecule has 0 aliphatic rings. The number of amides is 2. The third-order valence-corrected chi connectivity index (χ3v) is 7.08. The summed E-state index contributed by atoms with van der Waals surface area (Å²) in [6.07, 6.45) is 0. The van der Waals surface area contributed by atoms with E-state index in [9.17, 15) is 29.8 Å². The van der Waals surface area contributed by atoms with Crippen molar-refractivity contribution in [2.24, 2.45) is 0 Å². The van der Waals surface area contributed by atoms with Gasteiger partial charge in [0, 0.05) is 33.1 Å². The number of nitro benzene ring substituents is 2. The van der Waals surface area contributed by atoms with E-state index < -0.39 is 21.7 Å². The van der Waals surface area contributed by atoms with Crippen molar-refractivity contribution in [3.63, 3.8) is 0 Å². The van der Waals surface area contributed by atoms with Crippen LogP contribution in [0.2, 0.25) is 0 Å². The molecular weight excluding hydrogens is 520 g/mol. The Morgan fingerprint density at radius 2 is 0.974 bits per heavy atom. The molecule has 11 heteroatoms. The minimum absolute atomic E-state index is 0.180. The number of anilines is 2. The van der Waals surface area contributed by atoms with Gasteiger partial charge in [0.25, 0.3) is 23.2 Å². The van der Waals surface area contributed by atoms with Gasteiger partial charge in [-0.3, -0.25) is 29.8 Å². The van der Waals surface area contributed by atoms with Gasteiger partial charge in [-0.2, -0.15) is 0 Å². The summed E-state index contributed by atoms with van der Waals surface area (Å²) in [5, 5.41) is 28.8. The van der Waals surface area contributed by atoms with Crippen molar-refractivity contribution >= 4 is 46.3 Å². The molecule has 0 atom stereocenters. The zero-order valence-electron chi connectivity index (χ0n) is 20.8. The zero-order chi connectivity index (χ0) is 28.1. The fourth-order valence-electron chi connectivity index (χ4n) is 3.90. The number of carbonyl (C=O) groups is 2. The molecule has 196 valence electrons. The van der Waals surface area contributed by atoms with Crippen molar-refractivity contribution < 1.29 is 19.4 Å². The molecule has 4 aromatic carbocycles. The first-order valence-electron chi connectivity index (χ1n) is 11.6. The number of carbonyl (C=O) groups excluding carboxylic acids is 2. The Labute approximate surface area is 227 Å². The van der Waals surface area contributed by atoms with Crippen LogP contribution >= 0.6 is 11.8 Å². The second kappa shape index (κ2) is 11.6. The molecule has 0 saturated heterocycles. The van der Waals surface area contributed by atoms with Crippen molar-refractivity contribution in [2.45, 2.75) is 23.6 Å². The second-order valence-corrected chi connectivity index (χ2v) is 9.51. The summed E-state index contributed by atoms with van der Waals surface area (Å²) in [7, 11) is 0. The Balaban J connectivity index is 1.79. The van der Waals surface area contributed by atoms with Gasteiger partial charge >= 0.3 is 0 Å². The maximum atomic E-state index is 13.0. The van der Waals surface area contributed by atoms with E-state index in [4.69, 9.17) is 0 Å². The van der Waals surface area contributed by atoms with Gasteiger partial charge in [0.05, 0.1) is 32.3 Å². The first kappa shape index (κ1) is 27.0. The highest BCUT2D eigenvalue weighted by Gasteiger charge is 2.24. The predicted molar refractivity (Wildman–Crippen MR) is 149 cm³/mol. The molecule has 0 heterocycles. The quantitative estimate of drug-likeness (QED) is 0.184. The molecule has 10 nitrogen and oxygen atoms in total. The molecule has 0 fully saturated rings. The van der Waals surface area contributed by atoms with Crippen LogP contribution < -0.4 is 10.6 Å². The first-order valence-corrected chi connectivity index (χ1v) is 12.5. The Hall–Kier alpha value is -5.03. The normalized spacial score (nSPS) is 10.5. The fourth-order valence-corrected chi connectivity index (χ4v) is 5.02. The maximum Gasteiger partial charge on any atom is 0.274 e. The highest BCUT2D eigenvalue weighted by atomic mass is 32.2. The summed E-state index contributed by atoms with van der Waals surface area (Å²) in [5.74, 6) is -0.919. The van der Waals surface area contributed by atoms with Crippen LogP contribution in [-0.2, 0) is 0 Å². The monoisotopic (exact) mass is 542 g/mol. The lowest BCUT2D eigenvalue weighted by molar-refractivity contribution is -0.385. The Morgan fingerprint density at radius 1 is 0.615 bits per heavy atom. The molecule has 0 saturated carbocycles. The molecule has 0 aliphatic heterocycles. The van der Waals surface area contributed by atoms with E-state index >= 15 is 0 Å². The van der Waals surface area contributed by atoms with Crippen LogP contribution in [0.3, 0.4) is 0 Å². The molecule has 2 N–H and O–H groups in total. The lowest BCUT2D eigenvalue weighted by Gasteiger charge is -2.17. The Kier molecular flexibility index (Phi) is 8.01. The number of hydrogen-bond acceptors (Lipinski definition) is 7. The summed E-state index contributed by atoms with van der Waals surface area (Å²) in [5.41, 5.74) is 1.28. The molecule has 0 spiro atoms. The topological polar surface area (TPSA) is 144 Å². The smallest absolute Gasteiger partial charge is 0.274 e. The molecule has 2 amide bonds. The third kappa shape index (κ3) is 5.94. The van der Waals surface area contributed by atoms with E-state index in [2.05, 4.69) is 10.6 Å². The van der Waals surface area contributed by atoms with Crippen LogP contribution in [0, 0.1) is 34.1 Å². The largest absolute Gasteiger partial charge is 0.320 e. The summed E-state index contributed by atoms with van der Waals surface area (Å²) in [6.45, 7) is 3.06. The van der Waals surface area contributed by atoms with Crippen LogP contribution in [0.1, 0.15) is 31.8 Å². The van der Waals surface area contributed by atoms with Gasteiger partial charge < -0.3 is 10.6 Å². The molecule has 0 aliphatic carbocycles. The number of nitrogens with one attached hydrogen (secondary N) is 2. The van der Waals surface area contributed by atoms with Crippen LogP contribution in [0.15, 0.2) is 94.7 Å². The molecule has 0 radical (unpaired) electrons. The third-order valence-electron chi connectivity index (χ3n) is 5.96. The average molecular weight is 543 g/mol. The second-order valence-electron chi connectivity index (χ2n) is 8.42. The summed E-state index contributed by atoms with van der Waals surface area (Å²) >= 11 is 1.11. The molecule has 0 aromatic heterocycles. The van der Waals surface area contributed by atoms with E-state index in [-0.39, 0.29) is 33.9 Å². The molecular formula is C28H22N4O6S. The number of hydrogen-bond donors (Lipinski definition) is 2. The highest BCUT2D eigenvalue weighted by molar-refractivity contribution is 7.99. The molecule has 0 unspecified atom stereocenters.